The molecule has 2 heterocycles. The fourth-order valence-corrected chi connectivity index (χ4v) is 5.03. The molecule has 0 bridgehead atoms. The molecule has 4 rings (SSSR count). The van der Waals surface area contributed by atoms with E-state index in [-0.39, 0.29) is 17.6 Å². The van der Waals surface area contributed by atoms with Gasteiger partial charge in [-0.2, -0.15) is 16.9 Å². The highest BCUT2D eigenvalue weighted by molar-refractivity contribution is 8.00. The second-order valence-corrected chi connectivity index (χ2v) is 12.0. The zero-order valence-electron chi connectivity index (χ0n) is 24.7. The molecule has 1 aromatic carbocycles. The normalized spacial score (nSPS) is 16.6. The van der Waals surface area contributed by atoms with Crippen LogP contribution in [0.1, 0.15) is 45.7 Å². The molecule has 1 saturated heterocycles. The molecule has 2 aliphatic rings. The second-order valence-electron chi connectivity index (χ2n) is 10.0. The number of allylic oxidation sites excluding steroid dienone is 3. The molecular weight excluding hydrogens is 561 g/mol. The minimum Gasteiger partial charge on any atom is -0.404 e. The highest BCUT2D eigenvalue weighted by Crippen LogP contribution is 2.43. The van der Waals surface area contributed by atoms with E-state index in [1.165, 1.54) is 41.4 Å². The first-order chi connectivity index (χ1) is 19.6. The Labute approximate surface area is 250 Å². The van der Waals surface area contributed by atoms with Crippen LogP contribution >= 0.6 is 23.5 Å². The van der Waals surface area contributed by atoms with Gasteiger partial charge < -0.3 is 16.0 Å². The largest absolute Gasteiger partial charge is 0.404 e. The smallest absolute Gasteiger partial charge is 0.153 e. The van der Waals surface area contributed by atoms with Crippen molar-refractivity contribution < 1.29 is 8.78 Å². The Hall–Kier alpha value is -3.05. The van der Waals surface area contributed by atoms with Gasteiger partial charge in [0.25, 0.3) is 0 Å². The number of aromatic amines is 1. The summed E-state index contributed by atoms with van der Waals surface area (Å²) in [6.07, 6.45) is 8.26. The van der Waals surface area contributed by atoms with Crippen LogP contribution in [0.4, 0.5) is 20.3 Å². The minimum atomic E-state index is -0.654. The molecule has 0 atom stereocenters. The first-order valence-corrected chi connectivity index (χ1v) is 16.1. The van der Waals surface area contributed by atoms with Crippen LogP contribution in [0.25, 0.3) is 0 Å². The summed E-state index contributed by atoms with van der Waals surface area (Å²) >= 11 is 3.14. The predicted molar refractivity (Wildman–Crippen MR) is 173 cm³/mol. The van der Waals surface area contributed by atoms with Gasteiger partial charge in [-0.1, -0.05) is 26.8 Å². The molecule has 0 amide bonds. The first kappa shape index (κ1) is 32.5. The summed E-state index contributed by atoms with van der Waals surface area (Å²) in [6, 6.07) is 4.79. The SMILES string of the molecule is C=C(/C(C=NC1CSC1)=C/N)/C(=C(\N=C(/C)N(C)c1c(F)cc(SC)cc1F)Nc1cc(C)[nH]n1)C1CC1.CCC. The fraction of sp³-hybridized carbons (Fsp3) is 0.433. The maximum atomic E-state index is 14.9. The number of nitrogens with one attached hydrogen (secondary N) is 2. The van der Waals surface area contributed by atoms with Crippen molar-refractivity contribution in [3.8, 4) is 0 Å². The number of anilines is 2. The first-order valence-electron chi connectivity index (χ1n) is 13.7. The van der Waals surface area contributed by atoms with Gasteiger partial charge in [-0.15, -0.1) is 11.8 Å². The Morgan fingerprint density at radius 1 is 1.27 bits per heavy atom. The van der Waals surface area contributed by atoms with E-state index in [0.29, 0.717) is 33.5 Å². The number of thioether (sulfide) groups is 2. The van der Waals surface area contributed by atoms with Gasteiger partial charge in [-0.3, -0.25) is 10.1 Å². The fourth-order valence-electron chi connectivity index (χ4n) is 3.96. The number of hydrogen-bond acceptors (Lipinski definition) is 7. The van der Waals surface area contributed by atoms with Gasteiger partial charge in [-0.25, -0.2) is 13.8 Å². The number of aryl methyl sites for hydroxylation is 1. The van der Waals surface area contributed by atoms with Gasteiger partial charge in [0.1, 0.15) is 17.3 Å². The molecule has 0 spiro atoms. The summed E-state index contributed by atoms with van der Waals surface area (Å²) < 4.78 is 29.8. The third-order valence-electron chi connectivity index (χ3n) is 6.41. The highest BCUT2D eigenvalue weighted by Gasteiger charge is 2.32. The summed E-state index contributed by atoms with van der Waals surface area (Å²) in [5.41, 5.74) is 9.02. The minimum absolute atomic E-state index is 0.168. The number of aromatic nitrogens is 2. The van der Waals surface area contributed by atoms with Crippen molar-refractivity contribution in [1.29, 1.82) is 0 Å². The van der Waals surface area contributed by atoms with E-state index in [0.717, 1.165) is 35.6 Å². The van der Waals surface area contributed by atoms with Crippen LogP contribution in [0.5, 0.6) is 0 Å². The third kappa shape index (κ3) is 8.72. The van der Waals surface area contributed by atoms with E-state index in [2.05, 4.69) is 40.9 Å². The van der Waals surface area contributed by atoms with Crippen LogP contribution in [-0.4, -0.2) is 53.1 Å². The molecule has 2 fully saturated rings. The molecule has 2 aromatic rings. The van der Waals surface area contributed by atoms with Crippen molar-refractivity contribution in [2.24, 2.45) is 21.6 Å². The van der Waals surface area contributed by atoms with E-state index < -0.39 is 11.6 Å². The number of H-pyrrole nitrogens is 1. The molecule has 1 aromatic heterocycles. The Kier molecular flexibility index (Phi) is 12.1. The van der Waals surface area contributed by atoms with E-state index >= 15 is 0 Å². The van der Waals surface area contributed by atoms with Crippen LogP contribution in [0, 0.1) is 24.5 Å². The molecule has 0 radical (unpaired) electrons. The summed E-state index contributed by atoms with van der Waals surface area (Å²) in [5, 5.41) is 10.5. The number of rotatable bonds is 10. The van der Waals surface area contributed by atoms with E-state index in [9.17, 15) is 8.78 Å². The van der Waals surface area contributed by atoms with Gasteiger partial charge >= 0.3 is 0 Å². The Morgan fingerprint density at radius 3 is 2.37 bits per heavy atom. The zero-order chi connectivity index (χ0) is 30.1. The monoisotopic (exact) mass is 601 g/mol. The van der Waals surface area contributed by atoms with Gasteiger partial charge in [0.15, 0.2) is 17.5 Å². The molecule has 41 heavy (non-hydrogen) atoms. The van der Waals surface area contributed by atoms with Crippen molar-refractivity contribution in [3.05, 3.63) is 70.8 Å². The van der Waals surface area contributed by atoms with Crippen LogP contribution in [0.15, 0.2) is 68.4 Å². The lowest BCUT2D eigenvalue weighted by atomic mass is 9.96. The van der Waals surface area contributed by atoms with Crippen LogP contribution in [0.2, 0.25) is 0 Å². The quantitative estimate of drug-likeness (QED) is 0.114. The van der Waals surface area contributed by atoms with Crippen molar-refractivity contribution >= 4 is 47.1 Å². The van der Waals surface area contributed by atoms with Crippen molar-refractivity contribution in [1.82, 2.24) is 10.2 Å². The third-order valence-corrected chi connectivity index (χ3v) is 8.36. The number of nitrogens with zero attached hydrogens (tertiary/aromatic N) is 4. The lowest BCUT2D eigenvalue weighted by Gasteiger charge is -2.23. The molecule has 7 nitrogen and oxygen atoms in total. The number of halogens is 2. The molecular formula is C30H41F2N7S2. The lowest BCUT2D eigenvalue weighted by Crippen LogP contribution is -2.26. The van der Waals surface area contributed by atoms with Gasteiger partial charge in [0.2, 0.25) is 0 Å². The molecule has 1 saturated carbocycles. The standard InChI is InChI=1S/C27H33F2N7S2.C3H8/c1-15-8-24(35-34-15)33-27(32-17(3)36(4)26-22(28)9-21(37-5)10-23(26)29)25(18-6-7-18)16(2)19(11-30)12-31-20-13-38-14-20;1-3-2/h8-12,18,20H,2,6-7,13-14,30H2,1,3-5H3,(H2,33,34,35);3H2,1-2H3/b19-11+,27-25-,31-12?,32-17+;. The molecule has 0 unspecified atom stereocenters. The van der Waals surface area contributed by atoms with Gasteiger partial charge in [-0.05, 0) is 56.6 Å². The predicted octanol–water partition coefficient (Wildman–Crippen LogP) is 7.31. The number of aliphatic imine (C=N–C) groups is 2. The number of amidine groups is 1. The van der Waals surface area contributed by atoms with Gasteiger partial charge in [0, 0.05) is 58.8 Å². The molecule has 1 aliphatic heterocycles. The molecule has 222 valence electrons. The average molecular weight is 602 g/mol. The van der Waals surface area contributed by atoms with Crippen LogP contribution in [0.3, 0.4) is 0 Å². The second kappa shape index (κ2) is 15.3. The molecule has 4 N–H and O–H groups in total. The van der Waals surface area contributed by atoms with Crippen molar-refractivity contribution in [2.75, 3.05) is 35.0 Å². The van der Waals surface area contributed by atoms with E-state index in [1.54, 1.807) is 26.4 Å². The van der Waals surface area contributed by atoms with Crippen molar-refractivity contribution in [3.63, 3.8) is 0 Å². The summed E-state index contributed by atoms with van der Waals surface area (Å²) in [5.74, 6) is 2.36. The molecule has 11 heteroatoms. The van der Waals surface area contributed by atoms with Crippen molar-refractivity contribution in [2.45, 2.75) is 57.9 Å². The highest BCUT2D eigenvalue weighted by atomic mass is 32.2. The number of nitrogens with two attached hydrogens (primary N) is 1. The van der Waals surface area contributed by atoms with Gasteiger partial charge in [0.05, 0.1) is 6.04 Å². The summed E-state index contributed by atoms with van der Waals surface area (Å²) in [4.78, 5) is 11.4. The Bertz CT molecular complexity index is 1320. The lowest BCUT2D eigenvalue weighted by molar-refractivity contribution is 0.579. The Balaban J connectivity index is 0.00000147. The van der Waals surface area contributed by atoms with Crippen LogP contribution in [-0.2, 0) is 0 Å². The topological polar surface area (TPSA) is 94.7 Å². The summed E-state index contributed by atoms with van der Waals surface area (Å²) in [7, 11) is 1.59. The van der Waals surface area contributed by atoms with E-state index in [4.69, 9.17) is 10.7 Å². The maximum Gasteiger partial charge on any atom is 0.153 e. The van der Waals surface area contributed by atoms with E-state index in [1.807, 2.05) is 24.8 Å². The summed E-state index contributed by atoms with van der Waals surface area (Å²) in [6.45, 7) is 12.2. The number of benzene rings is 1. The molecule has 1 aliphatic carbocycles. The average Bonchev–Trinajstić information content (AvgIpc) is 3.65. The Morgan fingerprint density at radius 2 is 1.90 bits per heavy atom. The number of hydrogen-bond donors (Lipinski definition) is 3. The zero-order valence-corrected chi connectivity index (χ0v) is 26.4. The maximum absolute atomic E-state index is 14.9. The van der Waals surface area contributed by atoms with Crippen LogP contribution < -0.4 is 16.0 Å².